The van der Waals surface area contributed by atoms with Crippen LogP contribution >= 0.6 is 0 Å². The Labute approximate surface area is 170 Å². The average Bonchev–Trinajstić information content (AvgIpc) is 2.69. The number of carbonyl (C=O) groups excluding carboxylic acids is 2. The van der Waals surface area contributed by atoms with E-state index < -0.39 is 27.4 Å². The smallest absolute Gasteiger partial charge is 0.247 e. The summed E-state index contributed by atoms with van der Waals surface area (Å²) in [4.78, 5) is 31.5. The predicted octanol–water partition coefficient (Wildman–Crippen LogP) is 0.761. The first-order valence-electron chi connectivity index (χ1n) is 9.17. The van der Waals surface area contributed by atoms with Crippen LogP contribution in [-0.2, 0) is 32.7 Å². The van der Waals surface area contributed by atoms with E-state index in [1.54, 1.807) is 25.4 Å². The number of aromatic nitrogens is 1. The van der Waals surface area contributed by atoms with E-state index in [0.717, 1.165) is 21.7 Å². The maximum absolute atomic E-state index is 13.2. The third-order valence-electron chi connectivity index (χ3n) is 5.01. The Morgan fingerprint density at radius 3 is 2.48 bits per heavy atom. The second-order valence-electron chi connectivity index (χ2n) is 7.31. The maximum Gasteiger partial charge on any atom is 0.247 e. The van der Waals surface area contributed by atoms with Crippen molar-refractivity contribution in [2.24, 2.45) is 0 Å². The first-order chi connectivity index (χ1) is 13.7. The molecule has 1 aromatic carbocycles. The Hall–Kier alpha value is -2.78. The van der Waals surface area contributed by atoms with Gasteiger partial charge in [0.25, 0.3) is 0 Å². The minimum absolute atomic E-state index is 0.113. The third-order valence-corrected chi connectivity index (χ3v) is 6.21. The number of nitrogens with zero attached hydrogens (tertiary/aromatic N) is 3. The standard InChI is InChI=1S/C20H24N4O4S/c1-20(19(26)22-12-16-7-4-3-5-8-16)15-23(29(2,27)28)14-18(25)24(20)13-17-9-6-10-21-11-17/h3-11H,12-15H2,1-2H3,(H,22,26)/t20-/m0/s1. The van der Waals surface area contributed by atoms with Gasteiger partial charge in [0, 0.05) is 32.0 Å². The van der Waals surface area contributed by atoms with Crippen LogP contribution in [0.5, 0.6) is 0 Å². The first-order valence-corrected chi connectivity index (χ1v) is 11.0. The average molecular weight is 417 g/mol. The van der Waals surface area contributed by atoms with Crippen LogP contribution in [0, 0.1) is 0 Å². The van der Waals surface area contributed by atoms with E-state index in [0.29, 0.717) is 0 Å². The van der Waals surface area contributed by atoms with Crippen molar-refractivity contribution in [3.05, 3.63) is 66.0 Å². The zero-order chi connectivity index (χ0) is 21.1. The molecule has 1 saturated heterocycles. The van der Waals surface area contributed by atoms with Crippen LogP contribution in [0.25, 0.3) is 0 Å². The van der Waals surface area contributed by atoms with Gasteiger partial charge in [0.2, 0.25) is 21.8 Å². The van der Waals surface area contributed by atoms with Crippen LogP contribution in [0.3, 0.4) is 0 Å². The van der Waals surface area contributed by atoms with E-state index in [4.69, 9.17) is 0 Å². The number of sulfonamides is 1. The molecule has 1 aromatic heterocycles. The van der Waals surface area contributed by atoms with E-state index in [1.165, 1.54) is 4.90 Å². The molecule has 29 heavy (non-hydrogen) atoms. The topological polar surface area (TPSA) is 99.7 Å². The number of piperazine rings is 1. The number of rotatable bonds is 6. The highest BCUT2D eigenvalue weighted by Crippen LogP contribution is 2.26. The van der Waals surface area contributed by atoms with Crippen LogP contribution in [-0.4, -0.2) is 59.3 Å². The number of pyridine rings is 1. The van der Waals surface area contributed by atoms with Crippen LogP contribution < -0.4 is 5.32 Å². The lowest BCUT2D eigenvalue weighted by atomic mass is 9.94. The molecule has 0 bridgehead atoms. The molecule has 1 aliphatic rings. The molecule has 2 aromatic rings. The predicted molar refractivity (Wildman–Crippen MR) is 108 cm³/mol. The second kappa shape index (κ2) is 8.30. The molecule has 1 fully saturated rings. The lowest BCUT2D eigenvalue weighted by Crippen LogP contribution is -2.69. The van der Waals surface area contributed by atoms with Gasteiger partial charge in [0.15, 0.2) is 0 Å². The maximum atomic E-state index is 13.2. The van der Waals surface area contributed by atoms with Gasteiger partial charge in [0.05, 0.1) is 12.8 Å². The summed E-state index contributed by atoms with van der Waals surface area (Å²) < 4.78 is 25.3. The molecule has 0 aliphatic carbocycles. The highest BCUT2D eigenvalue weighted by Gasteiger charge is 2.49. The Bertz CT molecular complexity index is 982. The van der Waals surface area contributed by atoms with E-state index in [1.807, 2.05) is 36.4 Å². The van der Waals surface area contributed by atoms with Crippen molar-refractivity contribution in [3.8, 4) is 0 Å². The van der Waals surface area contributed by atoms with Gasteiger partial charge in [0.1, 0.15) is 5.54 Å². The van der Waals surface area contributed by atoms with Gasteiger partial charge in [-0.3, -0.25) is 14.6 Å². The molecule has 2 heterocycles. The fourth-order valence-corrected chi connectivity index (χ4v) is 4.16. The summed E-state index contributed by atoms with van der Waals surface area (Å²) in [5.41, 5.74) is 0.310. The van der Waals surface area contributed by atoms with Gasteiger partial charge in [-0.05, 0) is 24.1 Å². The summed E-state index contributed by atoms with van der Waals surface area (Å²) in [7, 11) is -3.63. The molecule has 1 aliphatic heterocycles. The van der Waals surface area contributed by atoms with E-state index in [2.05, 4.69) is 10.3 Å². The summed E-state index contributed by atoms with van der Waals surface area (Å²) in [5.74, 6) is -0.838. The molecule has 2 amide bonds. The molecule has 0 unspecified atom stereocenters. The molecule has 154 valence electrons. The number of carbonyl (C=O) groups is 2. The number of benzene rings is 1. The highest BCUT2D eigenvalue weighted by molar-refractivity contribution is 7.88. The fraction of sp³-hybridized carbons (Fsp3) is 0.350. The van der Waals surface area contributed by atoms with Gasteiger partial charge >= 0.3 is 0 Å². The van der Waals surface area contributed by atoms with Crippen molar-refractivity contribution >= 4 is 21.8 Å². The van der Waals surface area contributed by atoms with Crippen molar-refractivity contribution in [3.63, 3.8) is 0 Å². The lowest BCUT2D eigenvalue weighted by molar-refractivity contribution is -0.153. The first kappa shape index (κ1) is 20.9. The van der Waals surface area contributed by atoms with Gasteiger partial charge in [-0.25, -0.2) is 8.42 Å². The van der Waals surface area contributed by atoms with E-state index in [-0.39, 0.29) is 26.2 Å². The molecule has 9 heteroatoms. The Morgan fingerprint density at radius 1 is 1.17 bits per heavy atom. The Morgan fingerprint density at radius 2 is 1.86 bits per heavy atom. The molecule has 1 atom stereocenters. The van der Waals surface area contributed by atoms with Gasteiger partial charge in [-0.15, -0.1) is 0 Å². The summed E-state index contributed by atoms with van der Waals surface area (Å²) >= 11 is 0. The SMILES string of the molecule is C[C@@]1(C(=O)NCc2ccccc2)CN(S(C)(=O)=O)CC(=O)N1Cc1cccnc1. The van der Waals surface area contributed by atoms with Crippen LogP contribution in [0.4, 0.5) is 0 Å². The van der Waals surface area contributed by atoms with Crippen LogP contribution in [0.2, 0.25) is 0 Å². The number of amides is 2. The second-order valence-corrected chi connectivity index (χ2v) is 9.30. The van der Waals surface area contributed by atoms with Crippen molar-refractivity contribution in [2.45, 2.75) is 25.6 Å². The monoisotopic (exact) mass is 416 g/mol. The zero-order valence-corrected chi connectivity index (χ0v) is 17.2. The van der Waals surface area contributed by atoms with Gasteiger partial charge in [-0.1, -0.05) is 36.4 Å². The zero-order valence-electron chi connectivity index (χ0n) is 16.4. The lowest BCUT2D eigenvalue weighted by Gasteiger charge is -2.46. The molecular formula is C20H24N4O4S. The number of hydrogen-bond acceptors (Lipinski definition) is 5. The molecule has 0 radical (unpaired) electrons. The number of nitrogens with one attached hydrogen (secondary N) is 1. The van der Waals surface area contributed by atoms with Crippen LogP contribution in [0.1, 0.15) is 18.1 Å². The van der Waals surface area contributed by atoms with Crippen LogP contribution in [0.15, 0.2) is 54.9 Å². The summed E-state index contributed by atoms with van der Waals surface area (Å²) in [5, 5.41) is 2.85. The fourth-order valence-electron chi connectivity index (χ4n) is 3.33. The molecule has 1 N–H and O–H groups in total. The molecular weight excluding hydrogens is 392 g/mol. The highest BCUT2D eigenvalue weighted by atomic mass is 32.2. The minimum atomic E-state index is -3.63. The molecule has 3 rings (SSSR count). The van der Waals surface area contributed by atoms with Crippen molar-refractivity contribution in [1.82, 2.24) is 19.5 Å². The Kier molecular flexibility index (Phi) is 5.99. The quantitative estimate of drug-likeness (QED) is 0.750. The number of hydrogen-bond donors (Lipinski definition) is 1. The normalized spacial score (nSPS) is 20.5. The van der Waals surface area contributed by atoms with Crippen molar-refractivity contribution in [1.29, 1.82) is 0 Å². The van der Waals surface area contributed by atoms with E-state index >= 15 is 0 Å². The Balaban J connectivity index is 1.88. The van der Waals surface area contributed by atoms with Gasteiger partial charge < -0.3 is 10.2 Å². The van der Waals surface area contributed by atoms with Crippen molar-refractivity contribution < 1.29 is 18.0 Å². The summed E-state index contributed by atoms with van der Waals surface area (Å²) in [6.07, 6.45) is 4.29. The van der Waals surface area contributed by atoms with Crippen molar-refractivity contribution in [2.75, 3.05) is 19.3 Å². The molecule has 0 spiro atoms. The third kappa shape index (κ3) is 4.80. The summed E-state index contributed by atoms with van der Waals surface area (Å²) in [6.45, 7) is 1.64. The minimum Gasteiger partial charge on any atom is -0.350 e. The largest absolute Gasteiger partial charge is 0.350 e. The summed E-state index contributed by atoms with van der Waals surface area (Å²) in [6, 6.07) is 12.9. The molecule has 0 saturated carbocycles. The van der Waals surface area contributed by atoms with E-state index in [9.17, 15) is 18.0 Å². The molecule has 8 nitrogen and oxygen atoms in total. The van der Waals surface area contributed by atoms with Gasteiger partial charge in [-0.2, -0.15) is 4.31 Å².